The maximum Gasteiger partial charge on any atom is 0.343 e. The predicted molar refractivity (Wildman–Crippen MR) is 161 cm³/mol. The van der Waals surface area contributed by atoms with Gasteiger partial charge in [0.25, 0.3) is 0 Å². The van der Waals surface area contributed by atoms with E-state index in [0.717, 1.165) is 51.0 Å². The van der Waals surface area contributed by atoms with E-state index in [1.54, 1.807) is 36.4 Å². The van der Waals surface area contributed by atoms with Crippen LogP contribution in [0.3, 0.4) is 0 Å². The zero-order chi connectivity index (χ0) is 30.2. The molecule has 0 saturated carbocycles. The van der Waals surface area contributed by atoms with E-state index >= 15 is 0 Å². The molecule has 226 valence electrons. The number of hydrogen-bond acceptors (Lipinski definition) is 6. The molecule has 0 N–H and O–H groups in total. The van der Waals surface area contributed by atoms with Gasteiger partial charge < -0.3 is 14.2 Å². The standard InChI is InChI=1S/C34H42F2N2O4/c1-4-6-8-10-12-22-40-32-20-14-26(23-30(32)35)34(39)42-29-18-15-27(16-19-29)37-38-28-17-21-33(31(36)24-28)41-25(3)13-11-9-7-5-2/h14-21,23-25H,4-13,22H2,1-3H3. The lowest BCUT2D eigenvalue weighted by Crippen LogP contribution is -2.12. The second-order valence-electron chi connectivity index (χ2n) is 10.4. The Kier molecular flexibility index (Phi) is 13.9. The molecule has 3 aromatic carbocycles. The van der Waals surface area contributed by atoms with E-state index in [9.17, 15) is 13.6 Å². The molecule has 0 fully saturated rings. The predicted octanol–water partition coefficient (Wildman–Crippen LogP) is 10.7. The van der Waals surface area contributed by atoms with Gasteiger partial charge in [-0.25, -0.2) is 13.6 Å². The molecule has 42 heavy (non-hydrogen) atoms. The van der Waals surface area contributed by atoms with Crippen molar-refractivity contribution >= 4 is 17.3 Å². The van der Waals surface area contributed by atoms with Crippen molar-refractivity contribution in [3.05, 3.63) is 77.9 Å². The van der Waals surface area contributed by atoms with Crippen LogP contribution in [0.15, 0.2) is 70.9 Å². The van der Waals surface area contributed by atoms with Crippen LogP contribution in [-0.2, 0) is 0 Å². The largest absolute Gasteiger partial charge is 0.491 e. The Morgan fingerprint density at radius 2 is 1.36 bits per heavy atom. The molecular formula is C34H42F2N2O4. The van der Waals surface area contributed by atoms with E-state index in [-0.39, 0.29) is 28.9 Å². The maximum atomic E-state index is 14.5. The lowest BCUT2D eigenvalue weighted by molar-refractivity contribution is 0.0734. The van der Waals surface area contributed by atoms with Crippen molar-refractivity contribution in [2.24, 2.45) is 10.2 Å². The van der Waals surface area contributed by atoms with Gasteiger partial charge in [0, 0.05) is 6.07 Å². The van der Waals surface area contributed by atoms with Gasteiger partial charge in [-0.2, -0.15) is 10.2 Å². The highest BCUT2D eigenvalue weighted by molar-refractivity contribution is 5.91. The lowest BCUT2D eigenvalue weighted by atomic mass is 10.1. The first-order chi connectivity index (χ1) is 20.4. The number of benzene rings is 3. The Hall–Kier alpha value is -3.81. The van der Waals surface area contributed by atoms with E-state index < -0.39 is 17.6 Å². The first kappa shape index (κ1) is 32.7. The molecular weight excluding hydrogens is 538 g/mol. The Labute approximate surface area is 248 Å². The third-order valence-corrected chi connectivity index (χ3v) is 6.71. The summed E-state index contributed by atoms with van der Waals surface area (Å²) in [6.45, 7) is 6.69. The Balaban J connectivity index is 1.48. The van der Waals surface area contributed by atoms with Gasteiger partial charge in [-0.05, 0) is 80.8 Å². The molecule has 0 aliphatic carbocycles. The fourth-order valence-electron chi connectivity index (χ4n) is 4.28. The average Bonchev–Trinajstić information content (AvgIpc) is 2.98. The van der Waals surface area contributed by atoms with Crippen LogP contribution >= 0.6 is 0 Å². The number of ether oxygens (including phenoxy) is 3. The number of unbranched alkanes of at least 4 members (excludes halogenated alkanes) is 7. The highest BCUT2D eigenvalue weighted by atomic mass is 19.1. The van der Waals surface area contributed by atoms with Crippen LogP contribution < -0.4 is 14.2 Å². The van der Waals surface area contributed by atoms with Crippen LogP contribution in [0.4, 0.5) is 20.2 Å². The van der Waals surface area contributed by atoms with Gasteiger partial charge in [0.05, 0.1) is 29.6 Å². The van der Waals surface area contributed by atoms with Crippen molar-refractivity contribution in [1.82, 2.24) is 0 Å². The molecule has 0 aromatic heterocycles. The van der Waals surface area contributed by atoms with E-state index in [4.69, 9.17) is 14.2 Å². The fourth-order valence-corrected chi connectivity index (χ4v) is 4.28. The van der Waals surface area contributed by atoms with Gasteiger partial charge in [0.1, 0.15) is 5.75 Å². The van der Waals surface area contributed by atoms with Crippen LogP contribution in [0.1, 0.15) is 95.3 Å². The minimum atomic E-state index is -0.692. The summed E-state index contributed by atoms with van der Waals surface area (Å²) in [5.41, 5.74) is 0.905. The number of nitrogens with zero attached hydrogens (tertiary/aromatic N) is 2. The number of carbonyl (C=O) groups is 1. The normalized spacial score (nSPS) is 11.9. The molecule has 0 radical (unpaired) electrons. The highest BCUT2D eigenvalue weighted by Gasteiger charge is 2.13. The number of halogens is 2. The van der Waals surface area contributed by atoms with Crippen molar-refractivity contribution in [3.63, 3.8) is 0 Å². The third kappa shape index (κ3) is 11.2. The monoisotopic (exact) mass is 580 g/mol. The van der Waals surface area contributed by atoms with E-state index in [2.05, 4.69) is 24.1 Å². The van der Waals surface area contributed by atoms with Gasteiger partial charge in [-0.15, -0.1) is 0 Å². The maximum absolute atomic E-state index is 14.5. The first-order valence-electron chi connectivity index (χ1n) is 15.0. The van der Waals surface area contributed by atoms with E-state index in [1.807, 2.05) is 6.92 Å². The van der Waals surface area contributed by atoms with Crippen LogP contribution in [0.5, 0.6) is 17.2 Å². The topological polar surface area (TPSA) is 69.5 Å². The van der Waals surface area contributed by atoms with Crippen molar-refractivity contribution in [1.29, 1.82) is 0 Å². The zero-order valence-corrected chi connectivity index (χ0v) is 24.9. The molecule has 8 heteroatoms. The molecule has 0 amide bonds. The minimum Gasteiger partial charge on any atom is -0.491 e. The summed E-state index contributed by atoms with van der Waals surface area (Å²) in [6.07, 6.45) is 10.8. The SMILES string of the molecule is CCCCCCCOc1ccc(C(=O)Oc2ccc(N=Nc3ccc(OC(C)CCCCCC)c(F)c3)cc2)cc1F. The summed E-state index contributed by atoms with van der Waals surface area (Å²) < 4.78 is 45.6. The second-order valence-corrected chi connectivity index (χ2v) is 10.4. The smallest absolute Gasteiger partial charge is 0.343 e. The number of esters is 1. The van der Waals surface area contributed by atoms with Crippen molar-refractivity contribution in [2.75, 3.05) is 6.61 Å². The molecule has 3 rings (SSSR count). The lowest BCUT2D eigenvalue weighted by Gasteiger charge is -2.15. The Bertz CT molecular complexity index is 1280. The quantitative estimate of drug-likeness (QED) is 0.0649. The molecule has 0 spiro atoms. The highest BCUT2D eigenvalue weighted by Crippen LogP contribution is 2.27. The Morgan fingerprint density at radius 1 is 0.738 bits per heavy atom. The van der Waals surface area contributed by atoms with E-state index in [1.165, 1.54) is 37.5 Å². The van der Waals surface area contributed by atoms with Crippen LogP contribution in [0, 0.1) is 11.6 Å². The number of hydrogen-bond donors (Lipinski definition) is 0. The van der Waals surface area contributed by atoms with Crippen molar-refractivity contribution in [3.8, 4) is 17.2 Å². The molecule has 0 saturated heterocycles. The van der Waals surface area contributed by atoms with Crippen molar-refractivity contribution in [2.45, 2.75) is 91.1 Å². The summed E-state index contributed by atoms with van der Waals surface area (Å²) in [7, 11) is 0. The fraction of sp³-hybridized carbons (Fsp3) is 0.441. The number of carbonyl (C=O) groups excluding carboxylic acids is 1. The average molecular weight is 581 g/mol. The summed E-state index contributed by atoms with van der Waals surface area (Å²) in [6, 6.07) is 14.8. The molecule has 1 unspecified atom stereocenters. The third-order valence-electron chi connectivity index (χ3n) is 6.71. The molecule has 0 aliphatic heterocycles. The van der Waals surface area contributed by atoms with Gasteiger partial charge >= 0.3 is 5.97 Å². The van der Waals surface area contributed by atoms with Crippen molar-refractivity contribution < 1.29 is 27.8 Å². The van der Waals surface area contributed by atoms with Gasteiger partial charge in [0.2, 0.25) is 0 Å². The van der Waals surface area contributed by atoms with Crippen LogP contribution in [0.2, 0.25) is 0 Å². The molecule has 0 aliphatic rings. The second kappa shape index (κ2) is 17.9. The van der Waals surface area contributed by atoms with Gasteiger partial charge in [0.15, 0.2) is 23.1 Å². The zero-order valence-electron chi connectivity index (χ0n) is 24.9. The van der Waals surface area contributed by atoms with Crippen LogP contribution in [-0.4, -0.2) is 18.7 Å². The summed E-state index contributed by atoms with van der Waals surface area (Å²) in [5.74, 6) is -1.21. The number of azo groups is 1. The Morgan fingerprint density at radius 3 is 2.05 bits per heavy atom. The summed E-state index contributed by atoms with van der Waals surface area (Å²) >= 11 is 0. The van der Waals surface area contributed by atoms with Crippen LogP contribution in [0.25, 0.3) is 0 Å². The molecule has 0 heterocycles. The molecule has 0 bridgehead atoms. The summed E-state index contributed by atoms with van der Waals surface area (Å²) in [5, 5.41) is 8.22. The van der Waals surface area contributed by atoms with Gasteiger partial charge in [-0.1, -0.05) is 58.8 Å². The van der Waals surface area contributed by atoms with E-state index in [0.29, 0.717) is 18.0 Å². The summed E-state index contributed by atoms with van der Waals surface area (Å²) in [4.78, 5) is 12.5. The first-order valence-corrected chi connectivity index (χ1v) is 15.0. The number of rotatable bonds is 18. The molecule has 1 atom stereocenters. The minimum absolute atomic E-state index is 0.0706. The van der Waals surface area contributed by atoms with Gasteiger partial charge in [-0.3, -0.25) is 0 Å². The molecule has 3 aromatic rings. The molecule has 6 nitrogen and oxygen atoms in total.